The van der Waals surface area contributed by atoms with Crippen molar-refractivity contribution < 1.29 is 4.39 Å². The van der Waals surface area contributed by atoms with Crippen LogP contribution in [0.5, 0.6) is 0 Å². The fourth-order valence-electron chi connectivity index (χ4n) is 2.25. The number of hydrogen-bond donors (Lipinski definition) is 1. The largest absolute Gasteiger partial charge is 0.278 e. The number of aromatic nitrogens is 2. The monoisotopic (exact) mass is 277 g/mol. The standard InChI is InChI=1S/C17H12FN3/c1-11-2-4-12(5-3-11)13-8-14(17-6-7-20-21-17)15(10-19)16(18)9-13/h2-9H,1H3,(H,20,21). The van der Waals surface area contributed by atoms with Crippen LogP contribution in [0, 0.1) is 24.1 Å². The summed E-state index contributed by atoms with van der Waals surface area (Å²) in [5.74, 6) is -0.528. The first-order valence-electron chi connectivity index (χ1n) is 6.49. The Labute approximate surface area is 121 Å². The molecule has 0 spiro atoms. The summed E-state index contributed by atoms with van der Waals surface area (Å²) in [5.41, 5.74) is 3.95. The first kappa shape index (κ1) is 13.1. The van der Waals surface area contributed by atoms with Crippen LogP contribution in [-0.4, -0.2) is 10.2 Å². The van der Waals surface area contributed by atoms with Crippen molar-refractivity contribution in [1.82, 2.24) is 10.2 Å². The number of nitrogens with one attached hydrogen (secondary N) is 1. The molecular weight excluding hydrogens is 265 g/mol. The van der Waals surface area contributed by atoms with E-state index in [9.17, 15) is 9.65 Å². The summed E-state index contributed by atoms with van der Waals surface area (Å²) in [6.45, 7) is 2.00. The number of aromatic amines is 1. The van der Waals surface area contributed by atoms with E-state index in [1.165, 1.54) is 6.07 Å². The average Bonchev–Trinajstić information content (AvgIpc) is 3.01. The van der Waals surface area contributed by atoms with Gasteiger partial charge in [-0.15, -0.1) is 0 Å². The van der Waals surface area contributed by atoms with Crippen LogP contribution >= 0.6 is 0 Å². The molecule has 0 aliphatic heterocycles. The predicted molar refractivity (Wildman–Crippen MR) is 78.9 cm³/mol. The molecule has 0 atom stereocenters. The summed E-state index contributed by atoms with van der Waals surface area (Å²) in [6.07, 6.45) is 1.58. The van der Waals surface area contributed by atoms with Gasteiger partial charge in [0.15, 0.2) is 0 Å². The van der Waals surface area contributed by atoms with Gasteiger partial charge in [0.25, 0.3) is 0 Å². The van der Waals surface area contributed by atoms with E-state index < -0.39 is 5.82 Å². The summed E-state index contributed by atoms with van der Waals surface area (Å²) in [6, 6.07) is 14.7. The zero-order chi connectivity index (χ0) is 14.8. The summed E-state index contributed by atoms with van der Waals surface area (Å²) in [7, 11) is 0. The summed E-state index contributed by atoms with van der Waals surface area (Å²) < 4.78 is 14.2. The smallest absolute Gasteiger partial charge is 0.142 e. The zero-order valence-electron chi connectivity index (χ0n) is 11.4. The van der Waals surface area contributed by atoms with E-state index in [0.29, 0.717) is 11.3 Å². The van der Waals surface area contributed by atoms with Gasteiger partial charge in [-0.25, -0.2) is 4.39 Å². The van der Waals surface area contributed by atoms with Crippen LogP contribution in [0.1, 0.15) is 11.1 Å². The Morgan fingerprint density at radius 3 is 2.48 bits per heavy atom. The number of halogens is 1. The maximum Gasteiger partial charge on any atom is 0.142 e. The second kappa shape index (κ2) is 5.22. The second-order valence-electron chi connectivity index (χ2n) is 4.83. The van der Waals surface area contributed by atoms with Crippen LogP contribution in [0.15, 0.2) is 48.7 Å². The third kappa shape index (κ3) is 2.41. The highest BCUT2D eigenvalue weighted by Gasteiger charge is 2.14. The fraction of sp³-hybridized carbons (Fsp3) is 0.0588. The van der Waals surface area contributed by atoms with Crippen LogP contribution in [0.3, 0.4) is 0 Å². The molecule has 0 saturated carbocycles. The Morgan fingerprint density at radius 1 is 1.10 bits per heavy atom. The van der Waals surface area contributed by atoms with E-state index in [4.69, 9.17) is 0 Å². The maximum atomic E-state index is 14.2. The van der Waals surface area contributed by atoms with E-state index in [-0.39, 0.29) is 5.56 Å². The molecule has 1 N–H and O–H groups in total. The second-order valence-corrected chi connectivity index (χ2v) is 4.83. The molecule has 0 aliphatic carbocycles. The lowest BCUT2D eigenvalue weighted by Crippen LogP contribution is -1.92. The number of benzene rings is 2. The number of aryl methyl sites for hydroxylation is 1. The minimum Gasteiger partial charge on any atom is -0.278 e. The van der Waals surface area contributed by atoms with E-state index in [1.54, 1.807) is 18.3 Å². The van der Waals surface area contributed by atoms with Gasteiger partial charge < -0.3 is 0 Å². The number of rotatable bonds is 2. The highest BCUT2D eigenvalue weighted by atomic mass is 19.1. The number of hydrogen-bond acceptors (Lipinski definition) is 2. The Bertz CT molecular complexity index is 812. The summed E-state index contributed by atoms with van der Waals surface area (Å²) in [5, 5.41) is 15.8. The molecule has 3 aromatic rings. The molecule has 0 saturated heterocycles. The average molecular weight is 277 g/mol. The SMILES string of the molecule is Cc1ccc(-c2cc(F)c(C#N)c(-c3ccn[nH]3)c2)cc1. The molecule has 1 heterocycles. The van der Waals surface area contributed by atoms with Crippen molar-refractivity contribution in [2.24, 2.45) is 0 Å². The van der Waals surface area contributed by atoms with Crippen molar-refractivity contribution in [3.05, 3.63) is 65.6 Å². The minimum absolute atomic E-state index is 0.0233. The lowest BCUT2D eigenvalue weighted by atomic mass is 9.97. The molecule has 0 fully saturated rings. The highest BCUT2D eigenvalue weighted by Crippen LogP contribution is 2.30. The van der Waals surface area contributed by atoms with Gasteiger partial charge in [0.2, 0.25) is 0 Å². The van der Waals surface area contributed by atoms with Gasteiger partial charge in [0.1, 0.15) is 11.9 Å². The molecule has 0 radical (unpaired) electrons. The number of H-pyrrole nitrogens is 1. The van der Waals surface area contributed by atoms with E-state index in [1.807, 2.05) is 37.3 Å². The zero-order valence-corrected chi connectivity index (χ0v) is 11.4. The van der Waals surface area contributed by atoms with Crippen molar-refractivity contribution in [1.29, 1.82) is 5.26 Å². The first-order valence-corrected chi connectivity index (χ1v) is 6.49. The summed E-state index contributed by atoms with van der Waals surface area (Å²) in [4.78, 5) is 0. The Hall–Kier alpha value is -2.93. The normalized spacial score (nSPS) is 10.3. The molecule has 0 amide bonds. The highest BCUT2D eigenvalue weighted by molar-refractivity contribution is 5.76. The first-order chi connectivity index (χ1) is 10.2. The number of nitriles is 1. The Kier molecular flexibility index (Phi) is 3.25. The van der Waals surface area contributed by atoms with Crippen LogP contribution in [0.2, 0.25) is 0 Å². The Morgan fingerprint density at radius 2 is 1.86 bits per heavy atom. The molecule has 2 aromatic carbocycles. The van der Waals surface area contributed by atoms with Crippen molar-refractivity contribution in [2.75, 3.05) is 0 Å². The molecule has 21 heavy (non-hydrogen) atoms. The van der Waals surface area contributed by atoms with Crippen LogP contribution in [0.4, 0.5) is 4.39 Å². The van der Waals surface area contributed by atoms with Gasteiger partial charge in [-0.2, -0.15) is 10.4 Å². The van der Waals surface area contributed by atoms with Gasteiger partial charge in [0.05, 0.1) is 11.3 Å². The molecule has 1 aromatic heterocycles. The molecular formula is C17H12FN3. The number of nitrogens with zero attached hydrogens (tertiary/aromatic N) is 2. The van der Waals surface area contributed by atoms with Crippen LogP contribution < -0.4 is 0 Å². The molecule has 3 rings (SSSR count). The molecule has 0 bridgehead atoms. The van der Waals surface area contributed by atoms with Crippen LogP contribution in [0.25, 0.3) is 22.4 Å². The third-order valence-corrected chi connectivity index (χ3v) is 3.38. The molecule has 0 unspecified atom stereocenters. The van der Waals surface area contributed by atoms with Crippen molar-refractivity contribution in [3.8, 4) is 28.5 Å². The molecule has 0 aliphatic rings. The quantitative estimate of drug-likeness (QED) is 0.767. The van der Waals surface area contributed by atoms with Gasteiger partial charge in [0, 0.05) is 11.8 Å². The van der Waals surface area contributed by atoms with Crippen LogP contribution in [-0.2, 0) is 0 Å². The van der Waals surface area contributed by atoms with E-state index in [2.05, 4.69) is 10.2 Å². The molecule has 4 heteroatoms. The fourth-order valence-corrected chi connectivity index (χ4v) is 2.25. The molecule has 102 valence electrons. The van der Waals surface area contributed by atoms with Crippen molar-refractivity contribution in [3.63, 3.8) is 0 Å². The Balaban J connectivity index is 2.21. The van der Waals surface area contributed by atoms with Gasteiger partial charge >= 0.3 is 0 Å². The van der Waals surface area contributed by atoms with Gasteiger partial charge in [-0.05, 0) is 36.2 Å². The summed E-state index contributed by atoms with van der Waals surface area (Å²) >= 11 is 0. The van der Waals surface area contributed by atoms with Crippen molar-refractivity contribution >= 4 is 0 Å². The van der Waals surface area contributed by atoms with Gasteiger partial charge in [-0.1, -0.05) is 29.8 Å². The molecule has 3 nitrogen and oxygen atoms in total. The lowest BCUT2D eigenvalue weighted by molar-refractivity contribution is 0.625. The third-order valence-electron chi connectivity index (χ3n) is 3.38. The van der Waals surface area contributed by atoms with Crippen molar-refractivity contribution in [2.45, 2.75) is 6.92 Å². The predicted octanol–water partition coefficient (Wildman–Crippen LogP) is 4.06. The maximum absolute atomic E-state index is 14.2. The lowest BCUT2D eigenvalue weighted by Gasteiger charge is -2.08. The van der Waals surface area contributed by atoms with Gasteiger partial charge in [-0.3, -0.25) is 5.10 Å². The van der Waals surface area contributed by atoms with E-state index in [0.717, 1.165) is 16.7 Å². The minimum atomic E-state index is -0.528. The topological polar surface area (TPSA) is 52.5 Å². The van der Waals surface area contributed by atoms with E-state index >= 15 is 0 Å².